The van der Waals surface area contributed by atoms with Crippen molar-refractivity contribution in [3.8, 4) is 0 Å². The molecule has 2 rings (SSSR count). The summed E-state index contributed by atoms with van der Waals surface area (Å²) in [6.45, 7) is 0.502. The highest BCUT2D eigenvalue weighted by Gasteiger charge is 2.18. The van der Waals surface area contributed by atoms with Gasteiger partial charge in [0.2, 0.25) is 11.8 Å². The molecule has 0 bridgehead atoms. The Morgan fingerprint density at radius 1 is 0.818 bits per heavy atom. The van der Waals surface area contributed by atoms with Crippen LogP contribution in [0.2, 0.25) is 0 Å². The van der Waals surface area contributed by atoms with E-state index in [-0.39, 0.29) is 18.2 Å². The first kappa shape index (κ1) is 15.8. The lowest BCUT2D eigenvalue weighted by atomic mass is 10.2. The van der Waals surface area contributed by atoms with Gasteiger partial charge < -0.3 is 9.80 Å². The third-order valence-corrected chi connectivity index (χ3v) is 3.51. The van der Waals surface area contributed by atoms with E-state index in [0.29, 0.717) is 6.54 Å². The zero-order chi connectivity index (χ0) is 15.9. The molecule has 22 heavy (non-hydrogen) atoms. The van der Waals surface area contributed by atoms with E-state index in [1.165, 1.54) is 4.90 Å². The van der Waals surface area contributed by atoms with E-state index in [1.807, 2.05) is 60.7 Å². The quantitative estimate of drug-likeness (QED) is 0.796. The normalized spacial score (nSPS) is 10.1. The van der Waals surface area contributed by atoms with E-state index in [4.69, 9.17) is 0 Å². The van der Waals surface area contributed by atoms with Crippen LogP contribution >= 0.6 is 0 Å². The molecule has 0 N–H and O–H groups in total. The summed E-state index contributed by atoms with van der Waals surface area (Å²) in [5.74, 6) is -0.396. The predicted octanol–water partition coefficient (Wildman–Crippen LogP) is 2.70. The summed E-state index contributed by atoms with van der Waals surface area (Å²) in [6, 6.07) is 19.0. The topological polar surface area (TPSA) is 40.6 Å². The van der Waals surface area contributed by atoms with Gasteiger partial charge in [0, 0.05) is 26.3 Å². The lowest BCUT2D eigenvalue weighted by Gasteiger charge is -2.20. The number of para-hydroxylation sites is 1. The van der Waals surface area contributed by atoms with Gasteiger partial charge in [-0.2, -0.15) is 0 Å². The fraction of sp³-hybridized carbons (Fsp3) is 0.222. The fourth-order valence-corrected chi connectivity index (χ4v) is 2.12. The molecule has 2 aromatic rings. The number of rotatable bonds is 5. The molecule has 0 unspecified atom stereocenters. The second kappa shape index (κ2) is 7.41. The number of carbonyl (C=O) groups excluding carboxylic acids is 2. The van der Waals surface area contributed by atoms with Gasteiger partial charge in [-0.15, -0.1) is 0 Å². The predicted molar refractivity (Wildman–Crippen MR) is 87.4 cm³/mol. The molecule has 2 aromatic carbocycles. The third kappa shape index (κ3) is 4.19. The SMILES string of the molecule is CN(Cc1ccccc1)C(=O)CC(=O)N(C)c1ccccc1. The first-order chi connectivity index (χ1) is 10.6. The largest absolute Gasteiger partial charge is 0.341 e. The molecule has 0 radical (unpaired) electrons. The zero-order valence-corrected chi connectivity index (χ0v) is 12.9. The van der Waals surface area contributed by atoms with Crippen LogP contribution in [0.15, 0.2) is 60.7 Å². The van der Waals surface area contributed by atoms with E-state index < -0.39 is 0 Å². The van der Waals surface area contributed by atoms with Gasteiger partial charge >= 0.3 is 0 Å². The highest BCUT2D eigenvalue weighted by atomic mass is 16.2. The van der Waals surface area contributed by atoms with Crippen LogP contribution in [0.4, 0.5) is 5.69 Å². The van der Waals surface area contributed by atoms with Crippen molar-refractivity contribution in [3.63, 3.8) is 0 Å². The maximum absolute atomic E-state index is 12.2. The molecule has 2 amide bonds. The maximum atomic E-state index is 12.2. The van der Waals surface area contributed by atoms with Gasteiger partial charge in [0.25, 0.3) is 0 Å². The first-order valence-corrected chi connectivity index (χ1v) is 7.17. The Hall–Kier alpha value is -2.62. The molecular formula is C18H20N2O2. The lowest BCUT2D eigenvalue weighted by Crippen LogP contribution is -2.34. The molecule has 0 aliphatic heterocycles. The van der Waals surface area contributed by atoms with Crippen LogP contribution in [0.25, 0.3) is 0 Å². The number of nitrogens with zero attached hydrogens (tertiary/aromatic N) is 2. The van der Waals surface area contributed by atoms with E-state index in [1.54, 1.807) is 19.0 Å². The highest BCUT2D eigenvalue weighted by Crippen LogP contribution is 2.13. The Balaban J connectivity index is 1.92. The van der Waals surface area contributed by atoms with Crippen molar-refractivity contribution in [3.05, 3.63) is 66.2 Å². The zero-order valence-electron chi connectivity index (χ0n) is 12.9. The van der Waals surface area contributed by atoms with E-state index in [2.05, 4.69) is 0 Å². The van der Waals surface area contributed by atoms with E-state index in [0.717, 1.165) is 11.3 Å². The Morgan fingerprint density at radius 3 is 1.95 bits per heavy atom. The maximum Gasteiger partial charge on any atom is 0.236 e. The van der Waals surface area contributed by atoms with Gasteiger partial charge in [0.05, 0.1) is 0 Å². The second-order valence-corrected chi connectivity index (χ2v) is 5.20. The molecule has 0 saturated heterocycles. The number of hydrogen-bond donors (Lipinski definition) is 0. The molecule has 4 heteroatoms. The number of benzene rings is 2. The van der Waals surface area contributed by atoms with Gasteiger partial charge in [-0.1, -0.05) is 48.5 Å². The summed E-state index contributed by atoms with van der Waals surface area (Å²) in [4.78, 5) is 27.4. The average molecular weight is 296 g/mol. The van der Waals surface area contributed by atoms with Crippen molar-refractivity contribution in [2.45, 2.75) is 13.0 Å². The number of amides is 2. The molecule has 0 aliphatic rings. The smallest absolute Gasteiger partial charge is 0.236 e. The molecule has 114 valence electrons. The second-order valence-electron chi connectivity index (χ2n) is 5.20. The molecule has 0 heterocycles. The van der Waals surface area contributed by atoms with Crippen LogP contribution in [0, 0.1) is 0 Å². The van der Waals surface area contributed by atoms with Crippen molar-refractivity contribution in [1.82, 2.24) is 4.90 Å². The number of hydrogen-bond acceptors (Lipinski definition) is 2. The van der Waals surface area contributed by atoms with Gasteiger partial charge in [-0.3, -0.25) is 9.59 Å². The summed E-state index contributed by atoms with van der Waals surface area (Å²) in [5, 5.41) is 0. The van der Waals surface area contributed by atoms with Crippen LogP contribution in [-0.4, -0.2) is 30.8 Å². The number of carbonyl (C=O) groups is 2. The van der Waals surface area contributed by atoms with Crippen molar-refractivity contribution < 1.29 is 9.59 Å². The first-order valence-electron chi connectivity index (χ1n) is 7.17. The Kier molecular flexibility index (Phi) is 5.31. The monoisotopic (exact) mass is 296 g/mol. The number of anilines is 1. The van der Waals surface area contributed by atoms with Crippen LogP contribution in [-0.2, 0) is 16.1 Å². The molecule has 0 spiro atoms. The molecular weight excluding hydrogens is 276 g/mol. The van der Waals surface area contributed by atoms with Gasteiger partial charge in [-0.05, 0) is 17.7 Å². The summed E-state index contributed by atoms with van der Waals surface area (Å²) in [5.41, 5.74) is 1.83. The summed E-state index contributed by atoms with van der Waals surface area (Å²) >= 11 is 0. The fourth-order valence-electron chi connectivity index (χ4n) is 2.12. The minimum absolute atomic E-state index is 0.130. The van der Waals surface area contributed by atoms with Gasteiger partial charge in [-0.25, -0.2) is 0 Å². The third-order valence-electron chi connectivity index (χ3n) is 3.51. The van der Waals surface area contributed by atoms with Crippen molar-refractivity contribution >= 4 is 17.5 Å². The van der Waals surface area contributed by atoms with Crippen LogP contribution in [0.5, 0.6) is 0 Å². The molecule has 0 aliphatic carbocycles. The Labute approximate surface area is 131 Å². The highest BCUT2D eigenvalue weighted by molar-refractivity contribution is 6.04. The molecule has 0 saturated carbocycles. The van der Waals surface area contributed by atoms with Crippen LogP contribution in [0.1, 0.15) is 12.0 Å². The average Bonchev–Trinajstić information content (AvgIpc) is 2.55. The summed E-state index contributed by atoms with van der Waals surface area (Å²) < 4.78 is 0. The molecule has 4 nitrogen and oxygen atoms in total. The van der Waals surface area contributed by atoms with Crippen molar-refractivity contribution in [2.75, 3.05) is 19.0 Å². The van der Waals surface area contributed by atoms with E-state index >= 15 is 0 Å². The van der Waals surface area contributed by atoms with Gasteiger partial charge in [0.15, 0.2) is 0 Å². The minimum atomic E-state index is -0.212. The Morgan fingerprint density at radius 2 is 1.36 bits per heavy atom. The lowest BCUT2D eigenvalue weighted by molar-refractivity contribution is -0.134. The summed E-state index contributed by atoms with van der Waals surface area (Å²) in [7, 11) is 3.40. The Bertz CT molecular complexity index is 626. The molecule has 0 aromatic heterocycles. The minimum Gasteiger partial charge on any atom is -0.341 e. The molecule has 0 atom stereocenters. The van der Waals surface area contributed by atoms with Crippen LogP contribution < -0.4 is 4.90 Å². The van der Waals surface area contributed by atoms with Crippen molar-refractivity contribution in [2.24, 2.45) is 0 Å². The van der Waals surface area contributed by atoms with Crippen molar-refractivity contribution in [1.29, 1.82) is 0 Å². The van der Waals surface area contributed by atoms with Crippen LogP contribution in [0.3, 0.4) is 0 Å². The van der Waals surface area contributed by atoms with Gasteiger partial charge in [0.1, 0.15) is 6.42 Å². The summed E-state index contributed by atoms with van der Waals surface area (Å²) in [6.07, 6.45) is -0.130. The van der Waals surface area contributed by atoms with E-state index in [9.17, 15) is 9.59 Å². The standard InChI is InChI=1S/C18H20N2O2/c1-19(14-15-9-5-3-6-10-15)17(21)13-18(22)20(2)16-11-7-4-8-12-16/h3-12H,13-14H2,1-2H3. The molecule has 0 fully saturated rings.